The first-order valence-corrected chi connectivity index (χ1v) is 9.22. The first-order chi connectivity index (χ1) is 13.8. The molecule has 1 aromatic heterocycles. The third kappa shape index (κ3) is 3.70. The van der Waals surface area contributed by atoms with E-state index in [0.29, 0.717) is 0 Å². The van der Waals surface area contributed by atoms with E-state index in [2.05, 4.69) is 34.8 Å². The quantitative estimate of drug-likeness (QED) is 0.706. The minimum atomic E-state index is 0.113. The van der Waals surface area contributed by atoms with E-state index in [9.17, 15) is 0 Å². The molecule has 0 spiro atoms. The Hall–Kier alpha value is -3.31. The molecule has 0 saturated heterocycles. The van der Waals surface area contributed by atoms with E-state index in [1.54, 1.807) is 20.4 Å². The maximum absolute atomic E-state index is 5.55. The van der Waals surface area contributed by atoms with Crippen molar-refractivity contribution in [3.8, 4) is 11.5 Å². The number of pyridine rings is 1. The van der Waals surface area contributed by atoms with Crippen LogP contribution in [0.4, 0.5) is 5.69 Å². The van der Waals surface area contributed by atoms with Gasteiger partial charge in [0, 0.05) is 18.6 Å². The highest BCUT2D eigenvalue weighted by Gasteiger charge is 2.27. The molecule has 2 heterocycles. The molecule has 2 aromatic carbocycles. The smallest absolute Gasteiger partial charge is 0.143 e. The Bertz CT molecular complexity index is 955. The zero-order valence-corrected chi connectivity index (χ0v) is 16.0. The predicted octanol–water partition coefficient (Wildman–Crippen LogP) is 4.08. The molecule has 0 fully saturated rings. The minimum Gasteiger partial charge on any atom is -0.497 e. The van der Waals surface area contributed by atoms with Gasteiger partial charge in [-0.15, -0.1) is 0 Å². The van der Waals surface area contributed by atoms with Crippen molar-refractivity contribution in [1.29, 1.82) is 0 Å². The standard InChI is InChI=1S/C23H23N3O2/c1-27-19-11-9-18(10-12-19)20-16-26(22-7-3-4-8-23(22)28-2)25-21(20)14-17-6-5-13-24-15-17/h3-13,15-16,21,25H,14H2,1-2H3. The molecule has 28 heavy (non-hydrogen) atoms. The van der Waals surface area contributed by atoms with Crippen molar-refractivity contribution in [2.75, 3.05) is 19.2 Å². The van der Waals surface area contributed by atoms with Crippen LogP contribution in [0.2, 0.25) is 0 Å². The van der Waals surface area contributed by atoms with Crippen LogP contribution in [0.25, 0.3) is 5.57 Å². The molecule has 5 nitrogen and oxygen atoms in total. The number of methoxy groups -OCH3 is 2. The fourth-order valence-corrected chi connectivity index (χ4v) is 3.44. The van der Waals surface area contributed by atoms with E-state index >= 15 is 0 Å². The molecular weight excluding hydrogens is 350 g/mol. The molecule has 0 saturated carbocycles. The lowest BCUT2D eigenvalue weighted by molar-refractivity contribution is 0.414. The van der Waals surface area contributed by atoms with Gasteiger partial charge in [0.25, 0.3) is 0 Å². The highest BCUT2D eigenvalue weighted by Crippen LogP contribution is 2.34. The molecule has 4 rings (SSSR count). The van der Waals surface area contributed by atoms with Crippen molar-refractivity contribution in [1.82, 2.24) is 10.4 Å². The summed E-state index contributed by atoms with van der Waals surface area (Å²) in [5, 5.41) is 2.04. The molecule has 5 heteroatoms. The van der Waals surface area contributed by atoms with Gasteiger partial charge in [-0.2, -0.15) is 0 Å². The van der Waals surface area contributed by atoms with Crippen molar-refractivity contribution >= 4 is 11.3 Å². The second-order valence-electron chi connectivity index (χ2n) is 6.60. The number of para-hydroxylation sites is 2. The van der Waals surface area contributed by atoms with E-state index < -0.39 is 0 Å². The lowest BCUT2D eigenvalue weighted by atomic mass is 9.96. The number of hydrazine groups is 1. The summed E-state index contributed by atoms with van der Waals surface area (Å²) in [5.41, 5.74) is 8.13. The van der Waals surface area contributed by atoms with E-state index in [1.165, 1.54) is 11.1 Å². The Labute approximate surface area is 165 Å². The van der Waals surface area contributed by atoms with Gasteiger partial charge < -0.3 is 9.47 Å². The summed E-state index contributed by atoms with van der Waals surface area (Å²) in [5.74, 6) is 1.67. The van der Waals surface area contributed by atoms with Gasteiger partial charge in [-0.1, -0.05) is 30.3 Å². The molecule has 1 unspecified atom stereocenters. The van der Waals surface area contributed by atoms with Crippen molar-refractivity contribution in [2.45, 2.75) is 12.5 Å². The second kappa shape index (κ2) is 8.15. The topological polar surface area (TPSA) is 46.6 Å². The zero-order valence-electron chi connectivity index (χ0n) is 16.0. The average Bonchev–Trinajstić information content (AvgIpc) is 3.18. The minimum absolute atomic E-state index is 0.113. The number of anilines is 1. The zero-order chi connectivity index (χ0) is 19.3. The van der Waals surface area contributed by atoms with E-state index in [4.69, 9.17) is 9.47 Å². The number of hydrogen-bond acceptors (Lipinski definition) is 5. The van der Waals surface area contributed by atoms with Crippen LogP contribution in [-0.4, -0.2) is 25.2 Å². The van der Waals surface area contributed by atoms with Crippen molar-refractivity contribution in [3.05, 3.63) is 90.4 Å². The third-order valence-corrected chi connectivity index (χ3v) is 4.87. The molecule has 0 aliphatic carbocycles. The summed E-state index contributed by atoms with van der Waals surface area (Å²) in [6.45, 7) is 0. The lowest BCUT2D eigenvalue weighted by Gasteiger charge is -2.22. The van der Waals surface area contributed by atoms with Crippen LogP contribution in [0.3, 0.4) is 0 Å². The van der Waals surface area contributed by atoms with E-state index in [-0.39, 0.29) is 6.04 Å². The molecule has 0 amide bonds. The van der Waals surface area contributed by atoms with Gasteiger partial charge in [0.1, 0.15) is 11.5 Å². The maximum atomic E-state index is 5.55. The third-order valence-electron chi connectivity index (χ3n) is 4.87. The Morgan fingerprint density at radius 3 is 2.50 bits per heavy atom. The summed E-state index contributed by atoms with van der Waals surface area (Å²) >= 11 is 0. The Kier molecular flexibility index (Phi) is 5.26. The Balaban J connectivity index is 1.69. The average molecular weight is 373 g/mol. The van der Waals surface area contributed by atoms with Crippen molar-refractivity contribution in [3.63, 3.8) is 0 Å². The van der Waals surface area contributed by atoms with Gasteiger partial charge in [0.05, 0.1) is 25.9 Å². The SMILES string of the molecule is COc1ccc(C2=CN(c3ccccc3OC)NC2Cc2cccnc2)cc1. The first-order valence-electron chi connectivity index (χ1n) is 9.22. The van der Waals surface area contributed by atoms with Crippen LogP contribution < -0.4 is 19.9 Å². The number of nitrogens with zero attached hydrogens (tertiary/aromatic N) is 2. The van der Waals surface area contributed by atoms with Crippen LogP contribution >= 0.6 is 0 Å². The number of benzene rings is 2. The molecule has 1 atom stereocenters. The molecule has 1 N–H and O–H groups in total. The molecule has 142 valence electrons. The van der Waals surface area contributed by atoms with Gasteiger partial charge in [-0.25, -0.2) is 5.43 Å². The van der Waals surface area contributed by atoms with Gasteiger partial charge in [0.15, 0.2) is 0 Å². The van der Waals surface area contributed by atoms with Crippen LogP contribution in [0.1, 0.15) is 11.1 Å². The summed E-state index contributed by atoms with van der Waals surface area (Å²) in [7, 11) is 3.37. The molecule has 0 bridgehead atoms. The van der Waals surface area contributed by atoms with Crippen molar-refractivity contribution < 1.29 is 9.47 Å². The van der Waals surface area contributed by atoms with Crippen LogP contribution in [0.15, 0.2) is 79.3 Å². The van der Waals surface area contributed by atoms with Gasteiger partial charge in [0.2, 0.25) is 0 Å². The molecule has 1 aliphatic rings. The number of aromatic nitrogens is 1. The first kappa shape index (κ1) is 18.1. The van der Waals surface area contributed by atoms with Gasteiger partial charge >= 0.3 is 0 Å². The molecule has 1 aliphatic heterocycles. The lowest BCUT2D eigenvalue weighted by Crippen LogP contribution is -2.37. The fraction of sp³-hybridized carbons (Fsp3) is 0.174. The van der Waals surface area contributed by atoms with E-state index in [1.807, 2.05) is 53.7 Å². The molecule has 0 radical (unpaired) electrons. The van der Waals surface area contributed by atoms with Gasteiger partial charge in [-0.3, -0.25) is 9.99 Å². The van der Waals surface area contributed by atoms with Crippen LogP contribution in [0, 0.1) is 0 Å². The summed E-state index contributed by atoms with van der Waals surface area (Å²) < 4.78 is 10.8. The number of nitrogens with one attached hydrogen (secondary N) is 1. The van der Waals surface area contributed by atoms with Crippen LogP contribution in [0.5, 0.6) is 11.5 Å². The van der Waals surface area contributed by atoms with Crippen LogP contribution in [-0.2, 0) is 6.42 Å². The Morgan fingerprint density at radius 1 is 0.964 bits per heavy atom. The normalized spacial score (nSPS) is 16.0. The Morgan fingerprint density at radius 2 is 1.79 bits per heavy atom. The number of hydrogen-bond donors (Lipinski definition) is 1. The highest BCUT2D eigenvalue weighted by atomic mass is 16.5. The highest BCUT2D eigenvalue weighted by molar-refractivity contribution is 5.77. The summed E-state index contributed by atoms with van der Waals surface area (Å²) in [6, 6.07) is 20.3. The summed E-state index contributed by atoms with van der Waals surface area (Å²) in [6.07, 6.45) is 6.68. The van der Waals surface area contributed by atoms with Gasteiger partial charge in [-0.05, 0) is 53.5 Å². The second-order valence-corrected chi connectivity index (χ2v) is 6.60. The summed E-state index contributed by atoms with van der Waals surface area (Å²) in [4.78, 5) is 4.25. The molecular formula is C23H23N3O2. The number of rotatable bonds is 6. The number of ether oxygens (including phenoxy) is 2. The predicted molar refractivity (Wildman–Crippen MR) is 111 cm³/mol. The monoisotopic (exact) mass is 373 g/mol. The van der Waals surface area contributed by atoms with E-state index in [0.717, 1.165) is 29.2 Å². The fourth-order valence-electron chi connectivity index (χ4n) is 3.44. The molecule has 3 aromatic rings. The maximum Gasteiger partial charge on any atom is 0.143 e. The largest absolute Gasteiger partial charge is 0.497 e. The van der Waals surface area contributed by atoms with Crippen molar-refractivity contribution in [2.24, 2.45) is 0 Å².